The van der Waals surface area contributed by atoms with Crippen molar-refractivity contribution in [2.45, 2.75) is 37.2 Å². The molecule has 0 aromatic heterocycles. The Bertz CT molecular complexity index is 603. The molecule has 1 N–H and O–H groups in total. The molecule has 1 aliphatic rings. The molecule has 1 aliphatic carbocycles. The molecule has 1 fully saturated rings. The summed E-state index contributed by atoms with van der Waals surface area (Å²) in [4.78, 5) is -0.245. The van der Waals surface area contributed by atoms with Gasteiger partial charge >= 0.3 is 0 Å². The predicted molar refractivity (Wildman–Crippen MR) is 79.5 cm³/mol. The minimum absolute atomic E-state index is 0.0242. The molecule has 0 atom stereocenters. The van der Waals surface area contributed by atoms with E-state index in [1.807, 2.05) is 0 Å². The molecular weight excluding hydrogens is 347 g/mol. The van der Waals surface area contributed by atoms with Gasteiger partial charge < -0.3 is 5.32 Å². The fourth-order valence-electron chi connectivity index (χ4n) is 2.24. The van der Waals surface area contributed by atoms with E-state index in [1.165, 1.54) is 10.4 Å². The lowest BCUT2D eigenvalue weighted by Crippen LogP contribution is -2.33. The van der Waals surface area contributed by atoms with Crippen molar-refractivity contribution >= 4 is 26.0 Å². The summed E-state index contributed by atoms with van der Waals surface area (Å²) in [7, 11) is -2.09. The summed E-state index contributed by atoms with van der Waals surface area (Å²) in [6.45, 7) is 2.42. The zero-order valence-electron chi connectivity index (χ0n) is 11.5. The second-order valence-electron chi connectivity index (χ2n) is 4.85. The molecule has 1 aromatic carbocycles. The lowest BCUT2D eigenvalue weighted by atomic mass is 10.2. The number of rotatable bonds is 6. The fraction of sp³-hybridized carbons (Fsp3) is 0.538. The van der Waals surface area contributed by atoms with Crippen LogP contribution in [0, 0.1) is 5.82 Å². The van der Waals surface area contributed by atoms with Gasteiger partial charge in [0, 0.05) is 29.2 Å². The first-order valence-corrected chi connectivity index (χ1v) is 8.79. The summed E-state index contributed by atoms with van der Waals surface area (Å²) in [5.74, 6) is -0.665. The van der Waals surface area contributed by atoms with E-state index in [-0.39, 0.29) is 17.5 Å². The Labute approximate surface area is 127 Å². The molecule has 0 spiro atoms. The van der Waals surface area contributed by atoms with Crippen LogP contribution in [0.1, 0.15) is 25.3 Å². The van der Waals surface area contributed by atoms with Crippen molar-refractivity contribution in [2.75, 3.05) is 13.6 Å². The minimum atomic E-state index is -3.78. The van der Waals surface area contributed by atoms with Crippen molar-refractivity contribution in [2.24, 2.45) is 0 Å². The summed E-state index contributed by atoms with van der Waals surface area (Å²) in [6.07, 6.45) is 1.71. The number of sulfonamides is 1. The zero-order valence-corrected chi connectivity index (χ0v) is 13.9. The largest absolute Gasteiger partial charge is 0.316 e. The van der Waals surface area contributed by atoms with Gasteiger partial charge in [-0.3, -0.25) is 0 Å². The second kappa shape index (κ2) is 6.09. The molecule has 7 heteroatoms. The average molecular weight is 365 g/mol. The summed E-state index contributed by atoms with van der Waals surface area (Å²) in [5, 5.41) is 2.84. The third-order valence-electron chi connectivity index (χ3n) is 3.30. The van der Waals surface area contributed by atoms with Crippen LogP contribution >= 0.6 is 15.9 Å². The lowest BCUT2D eigenvalue weighted by Gasteiger charge is -2.21. The summed E-state index contributed by atoms with van der Waals surface area (Å²) in [5.41, 5.74) is 0.340. The highest BCUT2D eigenvalue weighted by Crippen LogP contribution is 2.34. The van der Waals surface area contributed by atoms with Crippen LogP contribution in [0.5, 0.6) is 0 Å². The van der Waals surface area contributed by atoms with E-state index in [0.29, 0.717) is 16.6 Å². The van der Waals surface area contributed by atoms with E-state index >= 15 is 0 Å². The Morgan fingerprint density at radius 1 is 1.45 bits per heavy atom. The minimum Gasteiger partial charge on any atom is -0.316 e. The molecule has 0 saturated heterocycles. The predicted octanol–water partition coefficient (Wildman–Crippen LogP) is 2.48. The van der Waals surface area contributed by atoms with Gasteiger partial charge in [-0.05, 0) is 32.0 Å². The van der Waals surface area contributed by atoms with Crippen LogP contribution in [0.2, 0.25) is 0 Å². The van der Waals surface area contributed by atoms with Gasteiger partial charge in [-0.15, -0.1) is 0 Å². The number of hydrogen-bond acceptors (Lipinski definition) is 3. The quantitative estimate of drug-likeness (QED) is 0.843. The average Bonchev–Trinajstić information content (AvgIpc) is 3.18. The Morgan fingerprint density at radius 3 is 2.60 bits per heavy atom. The standard InChI is InChI=1S/C13H18BrFN2O2S/c1-3-17(11-4-5-11)20(18,19)12-7-10(14)6-9(8-16-2)13(12)15/h6-7,11,16H,3-5,8H2,1-2H3. The first-order chi connectivity index (χ1) is 9.41. The Kier molecular flexibility index (Phi) is 4.84. The van der Waals surface area contributed by atoms with Gasteiger partial charge in [0.15, 0.2) is 0 Å². The monoisotopic (exact) mass is 364 g/mol. The number of nitrogens with one attached hydrogen (secondary N) is 1. The van der Waals surface area contributed by atoms with Gasteiger partial charge in [0.2, 0.25) is 10.0 Å². The summed E-state index contributed by atoms with van der Waals surface area (Å²) < 4.78 is 41.6. The van der Waals surface area contributed by atoms with Gasteiger partial charge in [-0.25, -0.2) is 12.8 Å². The smallest absolute Gasteiger partial charge is 0.246 e. The zero-order chi connectivity index (χ0) is 14.9. The topological polar surface area (TPSA) is 49.4 Å². The van der Waals surface area contributed by atoms with Gasteiger partial charge in [0.1, 0.15) is 10.7 Å². The maximum atomic E-state index is 14.4. The Balaban J connectivity index is 2.50. The van der Waals surface area contributed by atoms with Crippen LogP contribution in [0.3, 0.4) is 0 Å². The lowest BCUT2D eigenvalue weighted by molar-refractivity contribution is 0.416. The molecule has 1 aromatic rings. The second-order valence-corrected chi connectivity index (χ2v) is 7.62. The van der Waals surface area contributed by atoms with Crippen molar-refractivity contribution in [3.63, 3.8) is 0 Å². The van der Waals surface area contributed by atoms with Gasteiger partial charge in [-0.2, -0.15) is 4.31 Å². The maximum Gasteiger partial charge on any atom is 0.246 e. The van der Waals surface area contributed by atoms with E-state index in [4.69, 9.17) is 0 Å². The Hall–Kier alpha value is -0.500. The molecule has 0 radical (unpaired) electrons. The highest BCUT2D eigenvalue weighted by Gasteiger charge is 2.38. The van der Waals surface area contributed by atoms with Crippen LogP contribution in [0.15, 0.2) is 21.5 Å². The number of nitrogens with zero attached hydrogens (tertiary/aromatic N) is 1. The third kappa shape index (κ3) is 3.05. The first-order valence-electron chi connectivity index (χ1n) is 6.56. The van der Waals surface area contributed by atoms with Gasteiger partial charge in [0.25, 0.3) is 0 Å². The van der Waals surface area contributed by atoms with Crippen LogP contribution in [0.4, 0.5) is 4.39 Å². The van der Waals surface area contributed by atoms with E-state index in [1.54, 1.807) is 20.0 Å². The van der Waals surface area contributed by atoms with Gasteiger partial charge in [-0.1, -0.05) is 22.9 Å². The molecular formula is C13H18BrFN2O2S. The molecule has 4 nitrogen and oxygen atoms in total. The van der Waals surface area contributed by atoms with Crippen molar-refractivity contribution in [1.82, 2.24) is 9.62 Å². The first kappa shape index (κ1) is 15.9. The van der Waals surface area contributed by atoms with Gasteiger partial charge in [0.05, 0.1) is 0 Å². The fourth-order valence-corrected chi connectivity index (χ4v) is 4.72. The maximum absolute atomic E-state index is 14.4. The van der Waals surface area contributed by atoms with E-state index < -0.39 is 15.8 Å². The molecule has 0 amide bonds. The van der Waals surface area contributed by atoms with Crippen molar-refractivity contribution < 1.29 is 12.8 Å². The van der Waals surface area contributed by atoms with Crippen molar-refractivity contribution in [3.05, 3.63) is 28.0 Å². The van der Waals surface area contributed by atoms with Crippen molar-refractivity contribution in [3.8, 4) is 0 Å². The number of benzene rings is 1. The normalized spacial score (nSPS) is 15.8. The highest BCUT2D eigenvalue weighted by atomic mass is 79.9. The van der Waals surface area contributed by atoms with Crippen LogP contribution < -0.4 is 5.32 Å². The summed E-state index contributed by atoms with van der Waals surface area (Å²) in [6, 6.07) is 2.96. The van der Waals surface area contributed by atoms with E-state index in [9.17, 15) is 12.8 Å². The number of halogens is 2. The van der Waals surface area contributed by atoms with E-state index in [2.05, 4.69) is 21.2 Å². The number of hydrogen-bond donors (Lipinski definition) is 1. The molecule has 0 unspecified atom stereocenters. The molecule has 112 valence electrons. The molecule has 0 heterocycles. The highest BCUT2D eigenvalue weighted by molar-refractivity contribution is 9.10. The summed E-state index contributed by atoms with van der Waals surface area (Å²) >= 11 is 3.26. The van der Waals surface area contributed by atoms with Crippen LogP contribution in [-0.2, 0) is 16.6 Å². The van der Waals surface area contributed by atoms with Crippen LogP contribution in [-0.4, -0.2) is 32.4 Å². The molecule has 0 aliphatic heterocycles. The van der Waals surface area contributed by atoms with Crippen molar-refractivity contribution in [1.29, 1.82) is 0 Å². The molecule has 20 heavy (non-hydrogen) atoms. The third-order valence-corrected chi connectivity index (χ3v) is 5.78. The Morgan fingerprint density at radius 2 is 2.10 bits per heavy atom. The molecule has 2 rings (SSSR count). The molecule has 1 saturated carbocycles. The van der Waals surface area contributed by atoms with E-state index in [0.717, 1.165) is 12.8 Å². The van der Waals surface area contributed by atoms with Crippen LogP contribution in [0.25, 0.3) is 0 Å². The molecule has 0 bridgehead atoms. The SMILES string of the molecule is CCN(C1CC1)S(=O)(=O)c1cc(Br)cc(CNC)c1F.